The van der Waals surface area contributed by atoms with E-state index >= 15 is 0 Å². The van der Waals surface area contributed by atoms with Crippen LogP contribution in [0.1, 0.15) is 13.8 Å². The molecule has 6 heteroatoms. The van der Waals surface area contributed by atoms with Crippen LogP contribution in [0.5, 0.6) is 0 Å². The summed E-state index contributed by atoms with van der Waals surface area (Å²) in [5, 5.41) is 2.32. The second-order valence-electron chi connectivity index (χ2n) is 3.72. The summed E-state index contributed by atoms with van der Waals surface area (Å²) in [5.41, 5.74) is 0. The predicted octanol–water partition coefficient (Wildman–Crippen LogP) is -0.263. The van der Waals surface area contributed by atoms with Crippen molar-refractivity contribution in [3.8, 4) is 0 Å². The Morgan fingerprint density at radius 1 is 1.53 bits per heavy atom. The van der Waals surface area contributed by atoms with Gasteiger partial charge in [-0.25, -0.2) is 4.79 Å². The van der Waals surface area contributed by atoms with Crippen molar-refractivity contribution >= 4 is 17.9 Å². The molecule has 1 aliphatic rings. The molecular weight excluding hydrogens is 200 g/mol. The lowest BCUT2D eigenvalue weighted by Gasteiger charge is -2.12. The maximum atomic E-state index is 11.2. The first-order chi connectivity index (χ1) is 7.00. The smallest absolute Gasteiger partial charge is 0.326 e. The van der Waals surface area contributed by atoms with Crippen LogP contribution in [0.4, 0.5) is 4.79 Å². The average Bonchev–Trinajstić information content (AvgIpc) is 2.46. The lowest BCUT2D eigenvalue weighted by Crippen LogP contribution is -2.36. The van der Waals surface area contributed by atoms with Crippen LogP contribution in [0, 0.1) is 5.92 Å². The second kappa shape index (κ2) is 4.77. The van der Waals surface area contributed by atoms with Crippen LogP contribution < -0.4 is 5.32 Å². The van der Waals surface area contributed by atoms with Crippen molar-refractivity contribution in [3.05, 3.63) is 0 Å². The first kappa shape index (κ1) is 11.5. The van der Waals surface area contributed by atoms with E-state index in [9.17, 15) is 14.4 Å². The van der Waals surface area contributed by atoms with Crippen LogP contribution in [0.3, 0.4) is 0 Å². The van der Waals surface area contributed by atoms with Gasteiger partial charge in [-0.15, -0.1) is 0 Å². The molecule has 0 unspecified atom stereocenters. The average molecular weight is 214 g/mol. The highest BCUT2D eigenvalue weighted by Crippen LogP contribution is 2.00. The zero-order valence-corrected chi connectivity index (χ0v) is 8.78. The van der Waals surface area contributed by atoms with Gasteiger partial charge in [-0.2, -0.15) is 0 Å². The summed E-state index contributed by atoms with van der Waals surface area (Å²) in [5.74, 6) is -0.729. The number of carbonyl (C=O) groups excluding carboxylic acids is 3. The molecule has 6 nitrogen and oxygen atoms in total. The molecule has 0 aromatic rings. The number of amides is 3. The Bertz CT molecular complexity index is 272. The molecule has 0 radical (unpaired) electrons. The van der Waals surface area contributed by atoms with E-state index in [0.29, 0.717) is 6.61 Å². The molecule has 0 bridgehead atoms. The molecule has 1 N–H and O–H groups in total. The molecule has 0 spiro atoms. The normalized spacial score (nSPS) is 15.8. The van der Waals surface area contributed by atoms with Gasteiger partial charge in [-0.1, -0.05) is 13.8 Å². The molecule has 0 aromatic carbocycles. The van der Waals surface area contributed by atoms with Gasteiger partial charge in [0.1, 0.15) is 6.54 Å². The fourth-order valence-electron chi connectivity index (χ4n) is 1.05. The van der Waals surface area contributed by atoms with Gasteiger partial charge in [-0.05, 0) is 5.92 Å². The van der Waals surface area contributed by atoms with Crippen molar-refractivity contribution in [2.75, 3.05) is 19.7 Å². The molecule has 1 aliphatic heterocycles. The van der Waals surface area contributed by atoms with Gasteiger partial charge in [0.05, 0.1) is 13.2 Å². The fraction of sp³-hybridized carbons (Fsp3) is 0.667. The SMILES string of the molecule is CC(C)COC(=O)CN1C(=O)CNC1=O. The topological polar surface area (TPSA) is 75.7 Å². The van der Waals surface area contributed by atoms with Crippen LogP contribution in [0.25, 0.3) is 0 Å². The molecule has 3 amide bonds. The van der Waals surface area contributed by atoms with Gasteiger partial charge in [0.25, 0.3) is 5.91 Å². The Hall–Kier alpha value is -1.59. The predicted molar refractivity (Wildman–Crippen MR) is 50.9 cm³/mol. The summed E-state index contributed by atoms with van der Waals surface area (Å²) >= 11 is 0. The van der Waals surface area contributed by atoms with Crippen LogP contribution in [0.15, 0.2) is 0 Å². The first-order valence-electron chi connectivity index (χ1n) is 4.74. The van der Waals surface area contributed by atoms with E-state index < -0.39 is 17.9 Å². The molecule has 15 heavy (non-hydrogen) atoms. The van der Waals surface area contributed by atoms with E-state index in [1.54, 1.807) is 0 Å². The maximum Gasteiger partial charge on any atom is 0.326 e. The van der Waals surface area contributed by atoms with Gasteiger partial charge in [0.2, 0.25) is 0 Å². The van der Waals surface area contributed by atoms with E-state index in [0.717, 1.165) is 4.90 Å². The van der Waals surface area contributed by atoms with E-state index in [-0.39, 0.29) is 19.0 Å². The molecule has 1 heterocycles. The Morgan fingerprint density at radius 2 is 2.20 bits per heavy atom. The zero-order chi connectivity index (χ0) is 11.4. The third kappa shape index (κ3) is 3.23. The Kier molecular flexibility index (Phi) is 3.65. The summed E-state index contributed by atoms with van der Waals surface area (Å²) in [6.07, 6.45) is 0. The van der Waals surface area contributed by atoms with Gasteiger partial charge in [0, 0.05) is 0 Å². The Morgan fingerprint density at radius 3 is 2.67 bits per heavy atom. The molecule has 0 aliphatic carbocycles. The number of nitrogens with one attached hydrogen (secondary N) is 1. The highest BCUT2D eigenvalue weighted by Gasteiger charge is 2.30. The Balaban J connectivity index is 2.37. The van der Waals surface area contributed by atoms with Crippen LogP contribution in [-0.4, -0.2) is 42.5 Å². The number of hydrogen-bond acceptors (Lipinski definition) is 4. The van der Waals surface area contributed by atoms with Crippen molar-refractivity contribution in [2.45, 2.75) is 13.8 Å². The van der Waals surface area contributed by atoms with E-state index in [1.807, 2.05) is 13.8 Å². The first-order valence-corrected chi connectivity index (χ1v) is 4.74. The van der Waals surface area contributed by atoms with Crippen LogP contribution >= 0.6 is 0 Å². The fourth-order valence-corrected chi connectivity index (χ4v) is 1.05. The summed E-state index contributed by atoms with van der Waals surface area (Å²) in [6.45, 7) is 3.75. The summed E-state index contributed by atoms with van der Waals surface area (Å²) in [4.78, 5) is 34.2. The molecule has 0 aromatic heterocycles. The largest absolute Gasteiger partial charge is 0.464 e. The number of ether oxygens (including phenoxy) is 1. The molecule has 1 saturated heterocycles. The van der Waals surface area contributed by atoms with Crippen molar-refractivity contribution in [1.29, 1.82) is 0 Å². The summed E-state index contributed by atoms with van der Waals surface area (Å²) in [7, 11) is 0. The summed E-state index contributed by atoms with van der Waals surface area (Å²) < 4.78 is 4.85. The minimum Gasteiger partial charge on any atom is -0.464 e. The highest BCUT2D eigenvalue weighted by molar-refractivity contribution is 6.04. The minimum atomic E-state index is -0.561. The van der Waals surface area contributed by atoms with E-state index in [4.69, 9.17) is 4.74 Å². The van der Waals surface area contributed by atoms with Gasteiger partial charge >= 0.3 is 12.0 Å². The number of imide groups is 1. The van der Waals surface area contributed by atoms with Gasteiger partial charge in [0.15, 0.2) is 0 Å². The van der Waals surface area contributed by atoms with Gasteiger partial charge < -0.3 is 10.1 Å². The Labute approximate surface area is 87.6 Å². The number of urea groups is 1. The number of hydrogen-bond donors (Lipinski definition) is 1. The van der Waals surface area contributed by atoms with Crippen LogP contribution in [-0.2, 0) is 14.3 Å². The molecule has 1 fully saturated rings. The maximum absolute atomic E-state index is 11.2. The van der Waals surface area contributed by atoms with Crippen molar-refractivity contribution < 1.29 is 19.1 Å². The van der Waals surface area contributed by atoms with E-state index in [2.05, 4.69) is 5.32 Å². The summed E-state index contributed by atoms with van der Waals surface area (Å²) in [6, 6.07) is -0.540. The molecule has 1 rings (SSSR count). The number of carbonyl (C=O) groups is 3. The standard InChI is InChI=1S/C9H14N2O4/c1-6(2)5-15-8(13)4-11-7(12)3-10-9(11)14/h6H,3-5H2,1-2H3,(H,10,14). The number of esters is 1. The third-order valence-corrected chi connectivity index (χ3v) is 1.80. The minimum absolute atomic E-state index is 0.0453. The highest BCUT2D eigenvalue weighted by atomic mass is 16.5. The molecule has 0 atom stereocenters. The number of rotatable bonds is 4. The quantitative estimate of drug-likeness (QED) is 0.516. The monoisotopic (exact) mass is 214 g/mol. The molecule has 0 saturated carbocycles. The van der Waals surface area contributed by atoms with Crippen molar-refractivity contribution in [3.63, 3.8) is 0 Å². The van der Waals surface area contributed by atoms with Crippen LogP contribution in [0.2, 0.25) is 0 Å². The van der Waals surface area contributed by atoms with Gasteiger partial charge in [-0.3, -0.25) is 14.5 Å². The second-order valence-corrected chi connectivity index (χ2v) is 3.72. The van der Waals surface area contributed by atoms with Crippen molar-refractivity contribution in [1.82, 2.24) is 10.2 Å². The third-order valence-electron chi connectivity index (χ3n) is 1.80. The van der Waals surface area contributed by atoms with Crippen molar-refractivity contribution in [2.24, 2.45) is 5.92 Å². The molecular formula is C9H14N2O4. The zero-order valence-electron chi connectivity index (χ0n) is 8.78. The molecule has 84 valence electrons. The lowest BCUT2D eigenvalue weighted by atomic mass is 10.2. The lowest BCUT2D eigenvalue weighted by molar-refractivity contribution is -0.147. The number of nitrogens with zero attached hydrogens (tertiary/aromatic N) is 1. The van der Waals surface area contributed by atoms with E-state index in [1.165, 1.54) is 0 Å².